The molecule has 0 saturated heterocycles. The van der Waals surface area contributed by atoms with Gasteiger partial charge in [0.15, 0.2) is 18.1 Å². The van der Waals surface area contributed by atoms with E-state index in [4.69, 9.17) is 14.2 Å². The molecule has 2 aromatic carbocycles. The van der Waals surface area contributed by atoms with Crippen molar-refractivity contribution in [1.29, 1.82) is 0 Å². The Hall–Kier alpha value is -3.11. The highest BCUT2D eigenvalue weighted by atomic mass is 32.2. The molecule has 0 fully saturated rings. The number of hydrogen-bond acceptors (Lipinski definition) is 7. The predicted molar refractivity (Wildman–Crippen MR) is 125 cm³/mol. The molecule has 4 rings (SSSR count). The third-order valence-electron chi connectivity index (χ3n) is 5.72. The normalized spacial score (nSPS) is 14.5. The van der Waals surface area contributed by atoms with Gasteiger partial charge in [0.1, 0.15) is 13.2 Å². The number of nitrogens with one attached hydrogen (secondary N) is 1. The summed E-state index contributed by atoms with van der Waals surface area (Å²) >= 11 is 0. The molecule has 2 aliphatic rings. The van der Waals surface area contributed by atoms with Crippen molar-refractivity contribution in [1.82, 2.24) is 4.72 Å². The van der Waals surface area contributed by atoms with Crippen LogP contribution in [-0.4, -0.2) is 53.2 Å². The topological polar surface area (TPSA) is 111 Å². The molecular formula is C24H28N2O7S. The van der Waals surface area contributed by atoms with Gasteiger partial charge in [0.25, 0.3) is 5.91 Å². The van der Waals surface area contributed by atoms with Crippen molar-refractivity contribution in [3.8, 4) is 11.5 Å². The van der Waals surface area contributed by atoms with Crippen LogP contribution in [0.5, 0.6) is 11.5 Å². The highest BCUT2D eigenvalue weighted by Gasteiger charge is 2.25. The zero-order valence-electron chi connectivity index (χ0n) is 18.8. The lowest BCUT2D eigenvalue weighted by Crippen LogP contribution is -2.33. The number of sulfonamides is 1. The van der Waals surface area contributed by atoms with Crippen molar-refractivity contribution >= 4 is 27.6 Å². The van der Waals surface area contributed by atoms with Crippen molar-refractivity contribution < 1.29 is 32.2 Å². The Labute approximate surface area is 199 Å². The summed E-state index contributed by atoms with van der Waals surface area (Å²) < 4.78 is 43.5. The highest BCUT2D eigenvalue weighted by Crippen LogP contribution is 2.32. The number of para-hydroxylation sites is 1. The molecule has 182 valence electrons. The number of carbonyl (C=O) groups is 2. The maximum Gasteiger partial charge on any atom is 0.306 e. The van der Waals surface area contributed by atoms with E-state index in [9.17, 15) is 18.0 Å². The molecule has 2 aliphatic heterocycles. The fourth-order valence-corrected chi connectivity index (χ4v) is 5.03. The molecule has 1 N–H and O–H groups in total. The molecule has 0 aromatic heterocycles. The quantitative estimate of drug-likeness (QED) is 0.404. The molecule has 0 spiro atoms. The van der Waals surface area contributed by atoms with Crippen LogP contribution in [0.1, 0.15) is 31.2 Å². The molecule has 0 aliphatic carbocycles. The number of ether oxygens (including phenoxy) is 3. The second-order valence-electron chi connectivity index (χ2n) is 8.10. The van der Waals surface area contributed by atoms with Gasteiger partial charge < -0.3 is 19.1 Å². The van der Waals surface area contributed by atoms with Gasteiger partial charge in [-0.3, -0.25) is 9.59 Å². The molecular weight excluding hydrogens is 460 g/mol. The van der Waals surface area contributed by atoms with Crippen LogP contribution in [0.3, 0.4) is 0 Å². The first-order valence-electron chi connectivity index (χ1n) is 11.4. The third-order valence-corrected chi connectivity index (χ3v) is 7.18. The Morgan fingerprint density at radius 1 is 1.00 bits per heavy atom. The predicted octanol–water partition coefficient (Wildman–Crippen LogP) is 2.43. The molecule has 0 bridgehead atoms. The summed E-state index contributed by atoms with van der Waals surface area (Å²) in [5.41, 5.74) is 1.99. The van der Waals surface area contributed by atoms with E-state index in [2.05, 4.69) is 4.72 Å². The Balaban J connectivity index is 1.11. The van der Waals surface area contributed by atoms with E-state index >= 15 is 0 Å². The number of carbonyl (C=O) groups excluding carboxylic acids is 2. The molecule has 1 amide bonds. The van der Waals surface area contributed by atoms with Crippen molar-refractivity contribution in [2.45, 2.75) is 37.0 Å². The van der Waals surface area contributed by atoms with E-state index in [1.54, 1.807) is 11.0 Å². The second kappa shape index (κ2) is 10.9. The van der Waals surface area contributed by atoms with E-state index in [-0.39, 0.29) is 30.4 Å². The number of esters is 1. The van der Waals surface area contributed by atoms with Gasteiger partial charge in [0.05, 0.1) is 4.90 Å². The molecule has 0 saturated carbocycles. The minimum Gasteiger partial charge on any atom is -0.486 e. The SMILES string of the molecule is O=C(CCCCCNS(=O)(=O)c1ccc2c(c1)OCCO2)OCC(=O)N1CCc2ccccc21. The van der Waals surface area contributed by atoms with Gasteiger partial charge in [-0.05, 0) is 43.0 Å². The summed E-state index contributed by atoms with van der Waals surface area (Å²) in [6.07, 6.45) is 2.74. The number of hydrogen-bond donors (Lipinski definition) is 1. The van der Waals surface area contributed by atoms with Gasteiger partial charge in [0.2, 0.25) is 10.0 Å². The first kappa shape index (κ1) is 24.0. The Morgan fingerprint density at radius 2 is 1.79 bits per heavy atom. The van der Waals surface area contributed by atoms with Crippen LogP contribution in [0.25, 0.3) is 0 Å². The van der Waals surface area contributed by atoms with Crippen molar-refractivity contribution in [3.63, 3.8) is 0 Å². The third kappa shape index (κ3) is 5.87. The molecule has 2 heterocycles. The first-order valence-corrected chi connectivity index (χ1v) is 12.9. The van der Waals surface area contributed by atoms with Gasteiger partial charge in [-0.15, -0.1) is 0 Å². The Morgan fingerprint density at radius 3 is 2.65 bits per heavy atom. The van der Waals surface area contributed by atoms with Crippen LogP contribution in [0, 0.1) is 0 Å². The summed E-state index contributed by atoms with van der Waals surface area (Å²) in [6.45, 7) is 1.39. The fraction of sp³-hybridized carbons (Fsp3) is 0.417. The largest absolute Gasteiger partial charge is 0.486 e. The average Bonchev–Trinajstić information content (AvgIpc) is 3.28. The molecule has 10 heteroatoms. The van der Waals surface area contributed by atoms with Crippen LogP contribution < -0.4 is 19.1 Å². The lowest BCUT2D eigenvalue weighted by atomic mass is 10.2. The molecule has 2 aromatic rings. The Bertz CT molecular complexity index is 1150. The summed E-state index contributed by atoms with van der Waals surface area (Å²) in [5.74, 6) is 0.286. The number of amides is 1. The fourth-order valence-electron chi connectivity index (χ4n) is 3.94. The standard InChI is InChI=1S/C24H28N2O7S/c27-23(26-13-11-18-6-3-4-7-20(18)26)17-33-24(28)8-2-1-5-12-25-34(29,30)19-9-10-21-22(16-19)32-15-14-31-21/h3-4,6-7,9-10,16,25H,1-2,5,8,11-15,17H2. The van der Waals surface area contributed by atoms with Crippen LogP contribution in [0.4, 0.5) is 5.69 Å². The zero-order valence-corrected chi connectivity index (χ0v) is 19.6. The summed E-state index contributed by atoms with van der Waals surface area (Å²) in [6, 6.07) is 12.2. The van der Waals surface area contributed by atoms with E-state index in [1.807, 2.05) is 24.3 Å². The average molecular weight is 489 g/mol. The zero-order chi connectivity index (χ0) is 24.0. The lowest BCUT2D eigenvalue weighted by molar-refractivity contribution is -0.147. The summed E-state index contributed by atoms with van der Waals surface area (Å²) in [7, 11) is -3.66. The van der Waals surface area contributed by atoms with Crippen LogP contribution in [0.2, 0.25) is 0 Å². The number of fused-ring (bicyclic) bond motifs is 2. The number of benzene rings is 2. The second-order valence-corrected chi connectivity index (χ2v) is 9.87. The Kier molecular flexibility index (Phi) is 7.69. The smallest absolute Gasteiger partial charge is 0.306 e. The molecule has 0 unspecified atom stereocenters. The van der Waals surface area contributed by atoms with Crippen molar-refractivity contribution in [2.24, 2.45) is 0 Å². The number of nitrogens with zero attached hydrogens (tertiary/aromatic N) is 1. The molecule has 9 nitrogen and oxygen atoms in total. The first-order chi connectivity index (χ1) is 16.4. The van der Waals surface area contributed by atoms with E-state index < -0.39 is 16.0 Å². The van der Waals surface area contributed by atoms with E-state index in [0.29, 0.717) is 50.5 Å². The van der Waals surface area contributed by atoms with Crippen LogP contribution >= 0.6 is 0 Å². The number of rotatable bonds is 10. The molecule has 34 heavy (non-hydrogen) atoms. The molecule has 0 atom stereocenters. The van der Waals surface area contributed by atoms with Crippen LogP contribution in [0.15, 0.2) is 47.4 Å². The highest BCUT2D eigenvalue weighted by molar-refractivity contribution is 7.89. The maximum atomic E-state index is 12.5. The van der Waals surface area contributed by atoms with E-state index in [0.717, 1.165) is 17.7 Å². The van der Waals surface area contributed by atoms with Crippen molar-refractivity contribution in [2.75, 3.05) is 37.8 Å². The number of anilines is 1. The maximum absolute atomic E-state index is 12.5. The minimum atomic E-state index is -3.66. The molecule has 0 radical (unpaired) electrons. The van der Waals surface area contributed by atoms with Gasteiger partial charge in [-0.1, -0.05) is 24.6 Å². The minimum absolute atomic E-state index is 0.116. The van der Waals surface area contributed by atoms with Gasteiger partial charge in [-0.2, -0.15) is 0 Å². The van der Waals surface area contributed by atoms with Crippen molar-refractivity contribution in [3.05, 3.63) is 48.0 Å². The summed E-state index contributed by atoms with van der Waals surface area (Å²) in [4.78, 5) is 26.1. The summed E-state index contributed by atoms with van der Waals surface area (Å²) in [5, 5.41) is 0. The van der Waals surface area contributed by atoms with E-state index in [1.165, 1.54) is 12.1 Å². The van der Waals surface area contributed by atoms with Gasteiger partial charge in [-0.25, -0.2) is 13.1 Å². The van der Waals surface area contributed by atoms with Crippen LogP contribution in [-0.2, 0) is 30.8 Å². The number of unbranched alkanes of at least 4 members (excludes halogenated alkanes) is 2. The van der Waals surface area contributed by atoms with Gasteiger partial charge in [0, 0.05) is 31.3 Å². The lowest BCUT2D eigenvalue weighted by Gasteiger charge is -2.18. The monoisotopic (exact) mass is 488 g/mol. The van der Waals surface area contributed by atoms with Gasteiger partial charge >= 0.3 is 5.97 Å².